The largest absolute Gasteiger partial charge is 0.353 e. The van der Waals surface area contributed by atoms with Crippen LogP contribution in [0.1, 0.15) is 6.42 Å². The molecule has 0 aliphatic carbocycles. The van der Waals surface area contributed by atoms with Gasteiger partial charge in [-0.3, -0.25) is 4.79 Å². The van der Waals surface area contributed by atoms with Gasteiger partial charge in [-0.05, 0) is 30.3 Å². The molecule has 1 aliphatic rings. The van der Waals surface area contributed by atoms with E-state index in [1.165, 1.54) is 12.1 Å². The summed E-state index contributed by atoms with van der Waals surface area (Å²) < 4.78 is 13.0. The highest BCUT2D eigenvalue weighted by atomic mass is 35.5. The quantitative estimate of drug-likeness (QED) is 0.801. The molecule has 0 bridgehead atoms. The van der Waals surface area contributed by atoms with Crippen molar-refractivity contribution in [2.45, 2.75) is 6.42 Å². The molecule has 7 nitrogen and oxygen atoms in total. The van der Waals surface area contributed by atoms with Crippen molar-refractivity contribution in [3.8, 4) is 0 Å². The van der Waals surface area contributed by atoms with Crippen molar-refractivity contribution in [1.82, 2.24) is 15.2 Å². The van der Waals surface area contributed by atoms with Crippen LogP contribution in [-0.4, -0.2) is 54.5 Å². The van der Waals surface area contributed by atoms with E-state index in [0.717, 1.165) is 25.0 Å². The minimum Gasteiger partial charge on any atom is -0.353 e. The number of rotatable bonds is 5. The summed E-state index contributed by atoms with van der Waals surface area (Å²) in [7, 11) is 0. The standard InChI is InChI=1S/C19H21ClFN5O2/c20-15-13-14(21)4-5-16(15)24-19(28)23-8-6-18(27)26-11-9-25(10-12-26)17-3-1-2-7-22-17/h1-5,7,13H,6,8-12H2,(H2,23,24,28). The number of anilines is 2. The summed E-state index contributed by atoms with van der Waals surface area (Å²) in [5.41, 5.74) is 0.303. The first-order chi connectivity index (χ1) is 13.5. The summed E-state index contributed by atoms with van der Waals surface area (Å²) >= 11 is 5.86. The van der Waals surface area contributed by atoms with Gasteiger partial charge in [0.1, 0.15) is 11.6 Å². The van der Waals surface area contributed by atoms with Crippen LogP contribution in [0.4, 0.5) is 20.7 Å². The molecule has 0 radical (unpaired) electrons. The van der Waals surface area contributed by atoms with E-state index in [9.17, 15) is 14.0 Å². The summed E-state index contributed by atoms with van der Waals surface area (Å²) in [4.78, 5) is 32.5. The van der Waals surface area contributed by atoms with Crippen molar-refractivity contribution >= 4 is 35.0 Å². The maximum Gasteiger partial charge on any atom is 0.319 e. The Labute approximate surface area is 167 Å². The lowest BCUT2D eigenvalue weighted by atomic mass is 10.2. The zero-order chi connectivity index (χ0) is 19.9. The van der Waals surface area contributed by atoms with E-state index >= 15 is 0 Å². The van der Waals surface area contributed by atoms with E-state index in [1.54, 1.807) is 11.1 Å². The molecular weight excluding hydrogens is 385 g/mol. The van der Waals surface area contributed by atoms with Gasteiger partial charge in [0.15, 0.2) is 0 Å². The molecular formula is C19H21ClFN5O2. The average Bonchev–Trinajstić information content (AvgIpc) is 2.71. The third kappa shape index (κ3) is 5.32. The number of aromatic nitrogens is 1. The second kappa shape index (κ2) is 9.36. The van der Waals surface area contributed by atoms with Crippen LogP contribution in [0.2, 0.25) is 5.02 Å². The lowest BCUT2D eigenvalue weighted by Gasteiger charge is -2.35. The Morgan fingerprint density at radius 1 is 1.14 bits per heavy atom. The average molecular weight is 406 g/mol. The molecule has 1 saturated heterocycles. The molecule has 3 amide bonds. The Bertz CT molecular complexity index is 828. The highest BCUT2D eigenvalue weighted by Crippen LogP contribution is 2.22. The normalized spacial score (nSPS) is 13.9. The lowest BCUT2D eigenvalue weighted by Crippen LogP contribution is -2.49. The maximum atomic E-state index is 13.0. The number of amides is 3. The number of carbonyl (C=O) groups excluding carboxylic acids is 2. The Morgan fingerprint density at radius 2 is 1.93 bits per heavy atom. The van der Waals surface area contributed by atoms with Crippen LogP contribution < -0.4 is 15.5 Å². The maximum absolute atomic E-state index is 13.0. The van der Waals surface area contributed by atoms with Crippen molar-refractivity contribution in [2.24, 2.45) is 0 Å². The van der Waals surface area contributed by atoms with Crippen molar-refractivity contribution in [2.75, 3.05) is 42.9 Å². The van der Waals surface area contributed by atoms with E-state index in [1.807, 2.05) is 18.2 Å². The fourth-order valence-corrected chi connectivity index (χ4v) is 3.14. The highest BCUT2D eigenvalue weighted by Gasteiger charge is 2.21. The van der Waals surface area contributed by atoms with E-state index < -0.39 is 11.8 Å². The molecule has 3 rings (SSSR count). The molecule has 1 aromatic heterocycles. The summed E-state index contributed by atoms with van der Waals surface area (Å²) in [5, 5.41) is 5.24. The van der Waals surface area contributed by atoms with Gasteiger partial charge in [0.2, 0.25) is 5.91 Å². The van der Waals surface area contributed by atoms with Gasteiger partial charge in [-0.1, -0.05) is 17.7 Å². The Morgan fingerprint density at radius 3 is 2.61 bits per heavy atom. The van der Waals surface area contributed by atoms with Crippen LogP contribution in [0.5, 0.6) is 0 Å². The molecule has 148 valence electrons. The van der Waals surface area contributed by atoms with E-state index in [-0.39, 0.29) is 23.9 Å². The van der Waals surface area contributed by atoms with Gasteiger partial charge in [0, 0.05) is 45.3 Å². The molecule has 0 spiro atoms. The molecule has 9 heteroatoms. The topological polar surface area (TPSA) is 77.6 Å². The first-order valence-corrected chi connectivity index (χ1v) is 9.34. The number of piperazine rings is 1. The van der Waals surface area contributed by atoms with Crippen LogP contribution in [0.15, 0.2) is 42.6 Å². The molecule has 2 N–H and O–H groups in total. The fraction of sp³-hybridized carbons (Fsp3) is 0.316. The molecule has 1 aliphatic heterocycles. The summed E-state index contributed by atoms with van der Waals surface area (Å²) in [6.07, 6.45) is 1.96. The molecule has 28 heavy (non-hydrogen) atoms. The first kappa shape index (κ1) is 19.9. The van der Waals surface area contributed by atoms with Gasteiger partial charge in [0.05, 0.1) is 10.7 Å². The van der Waals surface area contributed by atoms with Crippen LogP contribution in [0.3, 0.4) is 0 Å². The summed E-state index contributed by atoms with van der Waals surface area (Å²) in [6, 6.07) is 8.96. The Hall–Kier alpha value is -2.87. The lowest BCUT2D eigenvalue weighted by molar-refractivity contribution is -0.131. The van der Waals surface area contributed by atoms with Gasteiger partial charge in [-0.25, -0.2) is 14.2 Å². The van der Waals surface area contributed by atoms with Crippen LogP contribution in [-0.2, 0) is 4.79 Å². The molecule has 1 aromatic carbocycles. The summed E-state index contributed by atoms with van der Waals surface area (Å²) in [5.74, 6) is 0.415. The van der Waals surface area contributed by atoms with Crippen molar-refractivity contribution in [3.63, 3.8) is 0 Å². The Kier molecular flexibility index (Phi) is 6.65. The number of hydrogen-bond acceptors (Lipinski definition) is 4. The molecule has 2 aromatic rings. The molecule has 0 atom stereocenters. The number of hydrogen-bond donors (Lipinski definition) is 2. The predicted octanol–water partition coefficient (Wildman–Crippen LogP) is 2.73. The van der Waals surface area contributed by atoms with Gasteiger partial charge in [-0.15, -0.1) is 0 Å². The van der Waals surface area contributed by atoms with Crippen LogP contribution in [0, 0.1) is 5.82 Å². The van der Waals surface area contributed by atoms with E-state index in [2.05, 4.69) is 20.5 Å². The number of carbonyl (C=O) groups is 2. The van der Waals surface area contributed by atoms with Gasteiger partial charge in [0.25, 0.3) is 0 Å². The predicted molar refractivity (Wildman–Crippen MR) is 106 cm³/mol. The number of pyridine rings is 1. The fourth-order valence-electron chi connectivity index (χ4n) is 2.92. The minimum absolute atomic E-state index is 0.0132. The van der Waals surface area contributed by atoms with Gasteiger partial charge >= 0.3 is 6.03 Å². The molecule has 2 heterocycles. The zero-order valence-corrected chi connectivity index (χ0v) is 16.0. The molecule has 1 fully saturated rings. The van der Waals surface area contributed by atoms with E-state index in [0.29, 0.717) is 18.8 Å². The van der Waals surface area contributed by atoms with Crippen molar-refractivity contribution in [1.29, 1.82) is 0 Å². The van der Waals surface area contributed by atoms with Gasteiger partial charge < -0.3 is 20.4 Å². The number of urea groups is 1. The monoisotopic (exact) mass is 405 g/mol. The second-order valence-corrected chi connectivity index (χ2v) is 6.72. The third-order valence-electron chi connectivity index (χ3n) is 4.41. The van der Waals surface area contributed by atoms with Gasteiger partial charge in [-0.2, -0.15) is 0 Å². The zero-order valence-electron chi connectivity index (χ0n) is 15.2. The molecule has 0 unspecified atom stereocenters. The number of halogens is 2. The minimum atomic E-state index is -0.499. The smallest absolute Gasteiger partial charge is 0.319 e. The van der Waals surface area contributed by atoms with Crippen LogP contribution >= 0.6 is 11.6 Å². The van der Waals surface area contributed by atoms with Crippen molar-refractivity contribution < 1.29 is 14.0 Å². The SMILES string of the molecule is O=C(NCCC(=O)N1CCN(c2ccccn2)CC1)Nc1ccc(F)cc1Cl. The molecule has 0 saturated carbocycles. The highest BCUT2D eigenvalue weighted by molar-refractivity contribution is 6.33. The number of nitrogens with zero attached hydrogens (tertiary/aromatic N) is 3. The van der Waals surface area contributed by atoms with E-state index in [4.69, 9.17) is 11.6 Å². The third-order valence-corrected chi connectivity index (χ3v) is 4.72. The van der Waals surface area contributed by atoms with Crippen molar-refractivity contribution in [3.05, 3.63) is 53.4 Å². The first-order valence-electron chi connectivity index (χ1n) is 8.96. The number of nitrogens with one attached hydrogen (secondary N) is 2. The summed E-state index contributed by atoms with van der Waals surface area (Å²) in [6.45, 7) is 2.88. The second-order valence-electron chi connectivity index (χ2n) is 6.31. The number of benzene rings is 1. The van der Waals surface area contributed by atoms with Crippen LogP contribution in [0.25, 0.3) is 0 Å². The Balaban J connectivity index is 1.38.